The van der Waals surface area contributed by atoms with Crippen molar-refractivity contribution in [1.29, 1.82) is 0 Å². The number of methoxy groups -OCH3 is 2. The van der Waals surface area contributed by atoms with E-state index >= 15 is 0 Å². The molecule has 1 aromatic carbocycles. The second-order valence-corrected chi connectivity index (χ2v) is 5.04. The van der Waals surface area contributed by atoms with E-state index in [-0.39, 0.29) is 5.82 Å². The highest BCUT2D eigenvalue weighted by Crippen LogP contribution is 2.29. The molecule has 11 heteroatoms. The van der Waals surface area contributed by atoms with Crippen molar-refractivity contribution in [2.45, 2.75) is 13.0 Å². The molecular weight excluding hydrogens is 344 g/mol. The number of benzene rings is 1. The lowest BCUT2D eigenvalue weighted by molar-refractivity contribution is -0.121. The Hall–Kier alpha value is -3.63. The SMILES string of the molecule is COc1cccc(/C=N/NC(=O)C(C)Nc2n[nH]c(=O)[nH]c2=O)c1OC. The van der Waals surface area contributed by atoms with Gasteiger partial charge in [-0.3, -0.25) is 14.6 Å². The average molecular weight is 362 g/mol. The number of hydrogen-bond donors (Lipinski definition) is 4. The topological polar surface area (TPSA) is 151 Å². The van der Waals surface area contributed by atoms with Crippen molar-refractivity contribution in [3.63, 3.8) is 0 Å². The number of para-hydroxylation sites is 1. The van der Waals surface area contributed by atoms with Crippen molar-refractivity contribution in [3.8, 4) is 11.5 Å². The molecule has 2 rings (SSSR count). The van der Waals surface area contributed by atoms with E-state index in [1.54, 1.807) is 18.2 Å². The van der Waals surface area contributed by atoms with E-state index in [2.05, 4.69) is 26.0 Å². The Labute approximate surface area is 147 Å². The van der Waals surface area contributed by atoms with E-state index in [9.17, 15) is 14.4 Å². The first-order valence-electron chi connectivity index (χ1n) is 7.45. The van der Waals surface area contributed by atoms with Gasteiger partial charge in [-0.15, -0.1) is 5.10 Å². The molecule has 138 valence electrons. The average Bonchev–Trinajstić information content (AvgIpc) is 2.63. The first kappa shape index (κ1) is 18.7. The maximum Gasteiger partial charge on any atom is 0.342 e. The van der Waals surface area contributed by atoms with Crippen LogP contribution >= 0.6 is 0 Å². The Morgan fingerprint density at radius 2 is 2.08 bits per heavy atom. The lowest BCUT2D eigenvalue weighted by Gasteiger charge is -2.11. The molecule has 0 aliphatic rings. The van der Waals surface area contributed by atoms with Crippen molar-refractivity contribution in [2.75, 3.05) is 19.5 Å². The van der Waals surface area contributed by atoms with Crippen LogP contribution in [-0.4, -0.2) is 47.6 Å². The number of carbonyl (C=O) groups is 1. The van der Waals surface area contributed by atoms with Crippen molar-refractivity contribution < 1.29 is 14.3 Å². The zero-order chi connectivity index (χ0) is 19.1. The van der Waals surface area contributed by atoms with Gasteiger partial charge in [-0.2, -0.15) is 5.10 Å². The van der Waals surface area contributed by atoms with Gasteiger partial charge in [0.05, 0.1) is 20.4 Å². The zero-order valence-corrected chi connectivity index (χ0v) is 14.3. The summed E-state index contributed by atoms with van der Waals surface area (Å²) in [6.45, 7) is 1.50. The highest BCUT2D eigenvalue weighted by atomic mass is 16.5. The van der Waals surface area contributed by atoms with Gasteiger partial charge >= 0.3 is 5.69 Å². The molecule has 11 nitrogen and oxygen atoms in total. The molecule has 1 amide bonds. The summed E-state index contributed by atoms with van der Waals surface area (Å²) in [5.41, 5.74) is 1.45. The maximum atomic E-state index is 12.0. The molecule has 0 fully saturated rings. The van der Waals surface area contributed by atoms with E-state index in [0.29, 0.717) is 17.1 Å². The highest BCUT2D eigenvalue weighted by molar-refractivity contribution is 5.88. The number of H-pyrrole nitrogens is 2. The number of rotatable bonds is 7. The molecule has 0 bridgehead atoms. The number of ether oxygens (including phenoxy) is 2. The van der Waals surface area contributed by atoms with Crippen LogP contribution in [0.4, 0.5) is 5.82 Å². The number of hydrazone groups is 1. The number of amides is 1. The van der Waals surface area contributed by atoms with E-state index in [1.807, 2.05) is 4.98 Å². The normalized spacial score (nSPS) is 11.8. The molecule has 0 saturated heterocycles. The second-order valence-electron chi connectivity index (χ2n) is 5.04. The van der Waals surface area contributed by atoms with Crippen LogP contribution in [0.5, 0.6) is 11.5 Å². The molecule has 2 aromatic rings. The summed E-state index contributed by atoms with van der Waals surface area (Å²) in [7, 11) is 3.01. The van der Waals surface area contributed by atoms with Crippen LogP contribution in [0.3, 0.4) is 0 Å². The van der Waals surface area contributed by atoms with Crippen molar-refractivity contribution in [3.05, 3.63) is 44.6 Å². The molecule has 0 saturated carbocycles. The minimum atomic E-state index is -0.834. The lowest BCUT2D eigenvalue weighted by Crippen LogP contribution is -2.38. The number of carbonyl (C=O) groups excluding carboxylic acids is 1. The summed E-state index contributed by atoms with van der Waals surface area (Å²) in [4.78, 5) is 36.5. The third-order valence-electron chi connectivity index (χ3n) is 3.27. The number of aromatic nitrogens is 3. The van der Waals surface area contributed by atoms with Crippen LogP contribution in [0.1, 0.15) is 12.5 Å². The summed E-state index contributed by atoms with van der Waals surface area (Å²) < 4.78 is 10.4. The fourth-order valence-corrected chi connectivity index (χ4v) is 1.99. The van der Waals surface area contributed by atoms with Gasteiger partial charge in [-0.05, 0) is 19.1 Å². The van der Waals surface area contributed by atoms with Crippen LogP contribution in [0.2, 0.25) is 0 Å². The fraction of sp³-hybridized carbons (Fsp3) is 0.267. The van der Waals surface area contributed by atoms with Crippen LogP contribution in [0.15, 0.2) is 32.9 Å². The summed E-state index contributed by atoms with van der Waals surface area (Å²) in [6, 6.07) is 4.39. The van der Waals surface area contributed by atoms with E-state index < -0.39 is 23.2 Å². The van der Waals surface area contributed by atoms with Crippen molar-refractivity contribution >= 4 is 17.9 Å². The summed E-state index contributed by atoms with van der Waals surface area (Å²) >= 11 is 0. The third kappa shape index (κ3) is 4.47. The van der Waals surface area contributed by atoms with Crippen molar-refractivity contribution in [2.24, 2.45) is 5.10 Å². The Bertz CT molecular complexity index is 919. The van der Waals surface area contributed by atoms with Crippen LogP contribution < -0.4 is 31.5 Å². The molecule has 1 atom stereocenters. The first-order chi connectivity index (χ1) is 12.5. The van der Waals surface area contributed by atoms with Gasteiger partial charge in [0, 0.05) is 5.56 Å². The zero-order valence-electron chi connectivity index (χ0n) is 14.3. The predicted octanol–water partition coefficient (Wildman–Crippen LogP) is -0.574. The predicted molar refractivity (Wildman–Crippen MR) is 93.8 cm³/mol. The van der Waals surface area contributed by atoms with Gasteiger partial charge in [0.25, 0.3) is 11.5 Å². The summed E-state index contributed by atoms with van der Waals surface area (Å²) in [6.07, 6.45) is 1.40. The number of hydrogen-bond acceptors (Lipinski definition) is 8. The summed E-state index contributed by atoms with van der Waals surface area (Å²) in [5, 5.41) is 12.0. The van der Waals surface area contributed by atoms with E-state index in [0.717, 1.165) is 0 Å². The molecule has 1 unspecified atom stereocenters. The fourth-order valence-electron chi connectivity index (χ4n) is 1.99. The molecule has 4 N–H and O–H groups in total. The molecule has 1 aromatic heterocycles. The number of nitrogens with one attached hydrogen (secondary N) is 4. The first-order valence-corrected chi connectivity index (χ1v) is 7.45. The maximum absolute atomic E-state index is 12.0. The lowest BCUT2D eigenvalue weighted by atomic mass is 10.2. The van der Waals surface area contributed by atoms with Crippen LogP contribution in [-0.2, 0) is 4.79 Å². The Morgan fingerprint density at radius 3 is 2.73 bits per heavy atom. The molecule has 0 aliphatic carbocycles. The van der Waals surface area contributed by atoms with Gasteiger partial charge in [0.1, 0.15) is 6.04 Å². The second kappa shape index (κ2) is 8.46. The van der Waals surface area contributed by atoms with Gasteiger partial charge in [-0.1, -0.05) is 6.07 Å². The Kier molecular flexibility index (Phi) is 6.09. The molecule has 26 heavy (non-hydrogen) atoms. The van der Waals surface area contributed by atoms with Gasteiger partial charge in [0.15, 0.2) is 11.5 Å². The minimum absolute atomic E-state index is 0.189. The number of anilines is 1. The molecule has 0 spiro atoms. The molecule has 0 radical (unpaired) electrons. The van der Waals surface area contributed by atoms with Gasteiger partial charge in [0.2, 0.25) is 5.82 Å². The van der Waals surface area contributed by atoms with E-state index in [1.165, 1.54) is 27.4 Å². The number of nitrogens with zero attached hydrogens (tertiary/aromatic N) is 2. The summed E-state index contributed by atoms with van der Waals surface area (Å²) in [5.74, 6) is 0.297. The quantitative estimate of drug-likeness (QED) is 0.380. The minimum Gasteiger partial charge on any atom is -0.493 e. The molecule has 0 aliphatic heterocycles. The third-order valence-corrected chi connectivity index (χ3v) is 3.27. The van der Waals surface area contributed by atoms with E-state index in [4.69, 9.17) is 9.47 Å². The monoisotopic (exact) mass is 362 g/mol. The largest absolute Gasteiger partial charge is 0.493 e. The number of aromatic amines is 2. The van der Waals surface area contributed by atoms with Crippen molar-refractivity contribution in [1.82, 2.24) is 20.6 Å². The van der Waals surface area contributed by atoms with Gasteiger partial charge < -0.3 is 14.8 Å². The standard InChI is InChI=1S/C15H18N6O5/c1-8(17-12-14(23)18-15(24)21-19-12)13(22)20-16-7-9-5-4-6-10(25-2)11(9)26-3/h4-8H,1-3H3,(H,17,19)(H,20,22)(H2,18,21,23,24)/b16-7+. The Balaban J connectivity index is 2.03. The van der Waals surface area contributed by atoms with Crippen LogP contribution in [0.25, 0.3) is 0 Å². The van der Waals surface area contributed by atoms with Crippen LogP contribution in [0, 0.1) is 0 Å². The van der Waals surface area contributed by atoms with Gasteiger partial charge in [-0.25, -0.2) is 15.3 Å². The highest BCUT2D eigenvalue weighted by Gasteiger charge is 2.15. The molecular formula is C15H18N6O5. The Morgan fingerprint density at radius 1 is 1.31 bits per heavy atom. The molecule has 1 heterocycles. The smallest absolute Gasteiger partial charge is 0.342 e.